The second-order valence-corrected chi connectivity index (χ2v) is 7.33. The summed E-state index contributed by atoms with van der Waals surface area (Å²) in [6.45, 7) is 4.86. The Morgan fingerprint density at radius 3 is 2.19 bits per heavy atom. The number of urea groups is 2. The molecule has 0 heterocycles. The molecule has 0 saturated heterocycles. The summed E-state index contributed by atoms with van der Waals surface area (Å²) in [6, 6.07) is 24.3. The largest absolute Gasteiger partial charge is 0.338 e. The summed E-state index contributed by atoms with van der Waals surface area (Å²) in [5.74, 6) is 0. The van der Waals surface area contributed by atoms with Crippen LogP contribution < -0.4 is 20.9 Å². The maximum absolute atomic E-state index is 13.0. The number of hydrogen-bond donors (Lipinski definition) is 3. The lowest BCUT2D eigenvalue weighted by molar-refractivity contribution is 0.252. The SMILES string of the molecule is Cc1ccc(NC(=O)NCCCN(C(=O)Nc2ccccc2C)c2ccccc2)cc1. The lowest BCUT2D eigenvalue weighted by Crippen LogP contribution is -2.38. The van der Waals surface area contributed by atoms with Gasteiger partial charge in [-0.15, -0.1) is 0 Å². The number of para-hydroxylation sites is 2. The van der Waals surface area contributed by atoms with Crippen molar-refractivity contribution in [2.75, 3.05) is 28.6 Å². The van der Waals surface area contributed by atoms with Gasteiger partial charge in [-0.25, -0.2) is 9.59 Å². The van der Waals surface area contributed by atoms with Crippen molar-refractivity contribution in [3.63, 3.8) is 0 Å². The van der Waals surface area contributed by atoms with Crippen LogP contribution in [0.1, 0.15) is 17.5 Å². The summed E-state index contributed by atoms with van der Waals surface area (Å²) in [7, 11) is 0. The van der Waals surface area contributed by atoms with Gasteiger partial charge in [-0.2, -0.15) is 0 Å². The number of hydrogen-bond acceptors (Lipinski definition) is 2. The minimum atomic E-state index is -0.264. The summed E-state index contributed by atoms with van der Waals surface area (Å²) < 4.78 is 0. The second kappa shape index (κ2) is 10.8. The maximum atomic E-state index is 13.0. The van der Waals surface area contributed by atoms with Gasteiger partial charge in [-0.05, 0) is 56.2 Å². The van der Waals surface area contributed by atoms with Gasteiger partial charge in [0.25, 0.3) is 0 Å². The fourth-order valence-electron chi connectivity index (χ4n) is 3.10. The van der Waals surface area contributed by atoms with Crippen LogP contribution >= 0.6 is 0 Å². The van der Waals surface area contributed by atoms with Crippen LogP contribution in [0, 0.1) is 13.8 Å². The minimum Gasteiger partial charge on any atom is -0.338 e. The lowest BCUT2D eigenvalue weighted by atomic mass is 10.2. The molecular formula is C25H28N4O2. The van der Waals surface area contributed by atoms with Crippen LogP contribution in [-0.4, -0.2) is 25.2 Å². The smallest absolute Gasteiger partial charge is 0.326 e. The summed E-state index contributed by atoms with van der Waals surface area (Å²) in [4.78, 5) is 26.8. The van der Waals surface area contributed by atoms with E-state index >= 15 is 0 Å². The summed E-state index contributed by atoms with van der Waals surface area (Å²) in [5, 5.41) is 8.63. The van der Waals surface area contributed by atoms with Crippen molar-refractivity contribution in [2.45, 2.75) is 20.3 Å². The highest BCUT2D eigenvalue weighted by Crippen LogP contribution is 2.18. The third-order valence-electron chi connectivity index (χ3n) is 4.85. The Labute approximate surface area is 183 Å². The molecule has 160 valence electrons. The Hall–Kier alpha value is -3.80. The highest BCUT2D eigenvalue weighted by Gasteiger charge is 2.16. The van der Waals surface area contributed by atoms with E-state index in [1.54, 1.807) is 4.90 Å². The van der Waals surface area contributed by atoms with Crippen LogP contribution in [-0.2, 0) is 0 Å². The minimum absolute atomic E-state index is 0.204. The molecule has 6 heteroatoms. The van der Waals surface area contributed by atoms with Gasteiger partial charge in [-0.1, -0.05) is 54.1 Å². The van der Waals surface area contributed by atoms with Crippen LogP contribution in [0.2, 0.25) is 0 Å². The van der Waals surface area contributed by atoms with E-state index in [0.717, 1.165) is 28.2 Å². The zero-order valence-corrected chi connectivity index (χ0v) is 17.9. The van der Waals surface area contributed by atoms with E-state index in [1.165, 1.54) is 0 Å². The molecular weight excluding hydrogens is 388 g/mol. The number of anilines is 3. The lowest BCUT2D eigenvalue weighted by Gasteiger charge is -2.24. The highest BCUT2D eigenvalue weighted by molar-refractivity contribution is 6.02. The summed E-state index contributed by atoms with van der Waals surface area (Å²) in [6.07, 6.45) is 0.609. The summed E-state index contributed by atoms with van der Waals surface area (Å²) >= 11 is 0. The first-order valence-corrected chi connectivity index (χ1v) is 10.3. The van der Waals surface area contributed by atoms with Crippen LogP contribution in [0.4, 0.5) is 26.7 Å². The summed E-state index contributed by atoms with van der Waals surface area (Å²) in [5.41, 5.74) is 4.46. The molecule has 0 bridgehead atoms. The van der Waals surface area contributed by atoms with E-state index in [4.69, 9.17) is 0 Å². The van der Waals surface area contributed by atoms with Crippen molar-refractivity contribution in [1.29, 1.82) is 0 Å². The van der Waals surface area contributed by atoms with E-state index in [9.17, 15) is 9.59 Å². The van der Waals surface area contributed by atoms with Gasteiger partial charge in [0.05, 0.1) is 0 Å². The molecule has 31 heavy (non-hydrogen) atoms. The molecule has 3 N–H and O–H groups in total. The zero-order chi connectivity index (χ0) is 22.1. The van der Waals surface area contributed by atoms with Crippen molar-refractivity contribution < 1.29 is 9.59 Å². The Balaban J connectivity index is 1.55. The van der Waals surface area contributed by atoms with Gasteiger partial charge in [-0.3, -0.25) is 4.90 Å². The third kappa shape index (κ3) is 6.60. The maximum Gasteiger partial charge on any atom is 0.326 e. The fourth-order valence-corrected chi connectivity index (χ4v) is 3.10. The average Bonchev–Trinajstić information content (AvgIpc) is 2.77. The molecule has 0 aromatic heterocycles. The molecule has 3 aromatic carbocycles. The first-order chi connectivity index (χ1) is 15.0. The number of nitrogens with zero attached hydrogens (tertiary/aromatic N) is 1. The molecule has 0 aliphatic rings. The molecule has 0 unspecified atom stereocenters. The Kier molecular flexibility index (Phi) is 7.65. The van der Waals surface area contributed by atoms with E-state index < -0.39 is 0 Å². The number of rotatable bonds is 7. The average molecular weight is 417 g/mol. The normalized spacial score (nSPS) is 10.3. The number of carbonyl (C=O) groups is 2. The van der Waals surface area contributed by atoms with E-state index in [2.05, 4.69) is 16.0 Å². The quantitative estimate of drug-likeness (QED) is 0.442. The number of aryl methyl sites for hydroxylation is 2. The molecule has 0 spiro atoms. The molecule has 0 aliphatic carbocycles. The molecule has 0 fully saturated rings. The van der Waals surface area contributed by atoms with Crippen molar-refractivity contribution in [3.05, 3.63) is 90.0 Å². The number of nitrogens with one attached hydrogen (secondary N) is 3. The fraction of sp³-hybridized carbons (Fsp3) is 0.200. The molecule has 3 rings (SSSR count). The van der Waals surface area contributed by atoms with Crippen LogP contribution in [0.5, 0.6) is 0 Å². The molecule has 0 radical (unpaired) electrons. The van der Waals surface area contributed by atoms with Crippen LogP contribution in [0.15, 0.2) is 78.9 Å². The van der Waals surface area contributed by atoms with Crippen molar-refractivity contribution in [2.24, 2.45) is 0 Å². The Morgan fingerprint density at radius 1 is 0.806 bits per heavy atom. The number of benzene rings is 3. The molecule has 4 amide bonds. The van der Waals surface area contributed by atoms with Gasteiger partial charge in [0.15, 0.2) is 0 Å². The van der Waals surface area contributed by atoms with E-state index in [1.807, 2.05) is 92.7 Å². The standard InChI is InChI=1S/C25H28N4O2/c1-19-13-15-21(16-14-19)27-24(30)26-17-8-18-29(22-10-4-3-5-11-22)25(31)28-23-12-7-6-9-20(23)2/h3-7,9-16H,8,17-18H2,1-2H3,(H,28,31)(H2,26,27,30). The van der Waals surface area contributed by atoms with E-state index in [0.29, 0.717) is 19.5 Å². The van der Waals surface area contributed by atoms with Gasteiger partial charge < -0.3 is 16.0 Å². The van der Waals surface area contributed by atoms with Crippen molar-refractivity contribution in [1.82, 2.24) is 5.32 Å². The topological polar surface area (TPSA) is 73.5 Å². The number of amides is 4. The predicted octanol–water partition coefficient (Wildman–Crippen LogP) is 5.55. The Morgan fingerprint density at radius 2 is 1.48 bits per heavy atom. The molecule has 0 aliphatic heterocycles. The second-order valence-electron chi connectivity index (χ2n) is 7.33. The highest BCUT2D eigenvalue weighted by atomic mass is 16.2. The van der Waals surface area contributed by atoms with Crippen LogP contribution in [0.3, 0.4) is 0 Å². The van der Waals surface area contributed by atoms with Gasteiger partial charge in [0, 0.05) is 30.2 Å². The molecule has 0 atom stereocenters. The van der Waals surface area contributed by atoms with Crippen molar-refractivity contribution in [3.8, 4) is 0 Å². The Bertz CT molecular complexity index is 1000. The van der Waals surface area contributed by atoms with Crippen LogP contribution in [0.25, 0.3) is 0 Å². The first-order valence-electron chi connectivity index (χ1n) is 10.3. The molecule has 0 saturated carbocycles. The van der Waals surface area contributed by atoms with Gasteiger partial charge in [0.1, 0.15) is 0 Å². The molecule has 6 nitrogen and oxygen atoms in total. The third-order valence-corrected chi connectivity index (χ3v) is 4.85. The van der Waals surface area contributed by atoms with Gasteiger partial charge >= 0.3 is 12.1 Å². The van der Waals surface area contributed by atoms with Gasteiger partial charge in [0.2, 0.25) is 0 Å². The monoisotopic (exact) mass is 416 g/mol. The van der Waals surface area contributed by atoms with E-state index in [-0.39, 0.29) is 12.1 Å². The first kappa shape index (κ1) is 21.9. The predicted molar refractivity (Wildman–Crippen MR) is 127 cm³/mol. The number of carbonyl (C=O) groups excluding carboxylic acids is 2. The van der Waals surface area contributed by atoms with Crippen molar-refractivity contribution >= 4 is 29.1 Å². The zero-order valence-electron chi connectivity index (χ0n) is 17.9. The molecule has 3 aromatic rings.